The van der Waals surface area contributed by atoms with E-state index in [0.29, 0.717) is 12.1 Å². The molecule has 1 aromatic carbocycles. The molecule has 0 aliphatic carbocycles. The molecule has 1 aliphatic rings. The predicted octanol–water partition coefficient (Wildman–Crippen LogP) is 0.433. The molecular weight excluding hydrogens is 210 g/mol. The Morgan fingerprint density at radius 2 is 2.20 bits per heavy atom. The Labute approximate surface area is 93.0 Å². The van der Waals surface area contributed by atoms with Gasteiger partial charge in [-0.05, 0) is 30.3 Å². The molecular formula is C10H11N3OS. The van der Waals surface area contributed by atoms with Crippen LogP contribution in [0.3, 0.4) is 0 Å². The number of nitrogens with two attached hydrogens (primary N) is 1. The minimum atomic E-state index is -0.0790. The Balaban J connectivity index is 2.26. The second-order valence-corrected chi connectivity index (χ2v) is 3.78. The number of hydrogen-bond donors (Lipinski definition) is 2. The quantitative estimate of drug-likeness (QED) is 0.675. The molecule has 0 bridgehead atoms. The second kappa shape index (κ2) is 3.86. The Bertz CT molecular complexity index is 419. The highest BCUT2D eigenvalue weighted by Crippen LogP contribution is 2.16. The van der Waals surface area contributed by atoms with Gasteiger partial charge in [0.2, 0.25) is 0 Å². The summed E-state index contributed by atoms with van der Waals surface area (Å²) in [6.45, 7) is 0.590. The molecule has 1 heterocycles. The molecule has 0 unspecified atom stereocenters. The zero-order chi connectivity index (χ0) is 10.8. The van der Waals surface area contributed by atoms with Gasteiger partial charge in [0.25, 0.3) is 5.91 Å². The van der Waals surface area contributed by atoms with E-state index in [1.165, 1.54) is 5.01 Å². The summed E-state index contributed by atoms with van der Waals surface area (Å²) in [4.78, 5) is 11.9. The first-order valence-corrected chi connectivity index (χ1v) is 5.05. The number of carbonyl (C=O) groups excluding carboxylic acids is 1. The van der Waals surface area contributed by atoms with Crippen LogP contribution >= 0.6 is 12.2 Å². The minimum absolute atomic E-state index is 0.0790. The lowest BCUT2D eigenvalue weighted by atomic mass is 10.0. The summed E-state index contributed by atoms with van der Waals surface area (Å²) in [6.07, 6.45) is 0.817. The van der Waals surface area contributed by atoms with E-state index in [9.17, 15) is 4.79 Å². The molecule has 1 amide bonds. The third kappa shape index (κ3) is 1.92. The highest BCUT2D eigenvalue weighted by atomic mass is 32.1. The van der Waals surface area contributed by atoms with Crippen LogP contribution in [0.2, 0.25) is 0 Å². The average Bonchev–Trinajstić information content (AvgIpc) is 2.22. The van der Waals surface area contributed by atoms with E-state index < -0.39 is 0 Å². The molecule has 3 N–H and O–H groups in total. The van der Waals surface area contributed by atoms with Gasteiger partial charge in [-0.1, -0.05) is 18.2 Å². The zero-order valence-electron chi connectivity index (χ0n) is 8.06. The fourth-order valence-corrected chi connectivity index (χ4v) is 1.78. The van der Waals surface area contributed by atoms with Crippen LogP contribution in [-0.4, -0.2) is 22.6 Å². The van der Waals surface area contributed by atoms with Crippen molar-refractivity contribution in [2.24, 2.45) is 5.73 Å². The van der Waals surface area contributed by atoms with E-state index in [2.05, 4.69) is 5.43 Å². The third-order valence-electron chi connectivity index (χ3n) is 2.34. The molecule has 0 fully saturated rings. The molecule has 1 aromatic rings. The van der Waals surface area contributed by atoms with E-state index in [1.54, 1.807) is 0 Å². The van der Waals surface area contributed by atoms with Gasteiger partial charge in [0.1, 0.15) is 0 Å². The number of carbonyl (C=O) groups is 1. The molecule has 0 atom stereocenters. The van der Waals surface area contributed by atoms with E-state index >= 15 is 0 Å². The fourth-order valence-electron chi connectivity index (χ4n) is 1.67. The molecule has 0 saturated heterocycles. The van der Waals surface area contributed by atoms with Crippen LogP contribution in [0.25, 0.3) is 0 Å². The second-order valence-electron chi connectivity index (χ2n) is 3.34. The van der Waals surface area contributed by atoms with Crippen LogP contribution < -0.4 is 11.2 Å². The Hall–Kier alpha value is -1.62. The number of nitrogens with one attached hydrogen (secondary N) is 1. The highest BCUT2D eigenvalue weighted by molar-refractivity contribution is 7.80. The number of nitrogens with zero attached hydrogens (tertiary/aromatic N) is 1. The number of amides is 1. The third-order valence-corrected chi connectivity index (χ3v) is 2.43. The van der Waals surface area contributed by atoms with Crippen molar-refractivity contribution < 1.29 is 4.79 Å². The molecule has 78 valence electrons. The van der Waals surface area contributed by atoms with Crippen molar-refractivity contribution in [3.05, 3.63) is 35.4 Å². The molecule has 2 rings (SSSR count). The maximum Gasteiger partial charge on any atom is 0.272 e. The largest absolute Gasteiger partial charge is 0.375 e. The van der Waals surface area contributed by atoms with Crippen molar-refractivity contribution in [1.29, 1.82) is 0 Å². The number of fused-ring (bicyclic) bond motifs is 1. The molecule has 0 saturated carbocycles. The number of benzene rings is 1. The molecule has 1 aliphatic heterocycles. The number of hydrogen-bond acceptors (Lipinski definition) is 2. The summed E-state index contributed by atoms with van der Waals surface area (Å²) >= 11 is 4.70. The van der Waals surface area contributed by atoms with Gasteiger partial charge in [-0.2, -0.15) is 0 Å². The van der Waals surface area contributed by atoms with E-state index in [1.807, 2.05) is 24.3 Å². The average molecular weight is 221 g/mol. The summed E-state index contributed by atoms with van der Waals surface area (Å²) in [5.74, 6) is -0.0790. The summed E-state index contributed by atoms with van der Waals surface area (Å²) in [7, 11) is 0. The monoisotopic (exact) mass is 221 g/mol. The number of thiocarbonyl (C=S) groups is 1. The normalized spacial score (nSPS) is 14.7. The molecule has 5 heteroatoms. The van der Waals surface area contributed by atoms with Crippen LogP contribution in [0.15, 0.2) is 24.3 Å². The van der Waals surface area contributed by atoms with Crippen molar-refractivity contribution in [2.45, 2.75) is 6.42 Å². The van der Waals surface area contributed by atoms with Crippen LogP contribution in [-0.2, 0) is 6.42 Å². The first-order valence-electron chi connectivity index (χ1n) is 4.64. The predicted molar refractivity (Wildman–Crippen MR) is 61.1 cm³/mol. The lowest BCUT2D eigenvalue weighted by molar-refractivity contribution is 0.0694. The van der Waals surface area contributed by atoms with Crippen LogP contribution in [0.4, 0.5) is 0 Å². The van der Waals surface area contributed by atoms with Crippen LogP contribution in [0.1, 0.15) is 15.9 Å². The smallest absolute Gasteiger partial charge is 0.272 e. The lowest BCUT2D eigenvalue weighted by Crippen LogP contribution is -2.51. The van der Waals surface area contributed by atoms with Gasteiger partial charge < -0.3 is 5.73 Å². The fraction of sp³-hybridized carbons (Fsp3) is 0.200. The lowest BCUT2D eigenvalue weighted by Gasteiger charge is -2.28. The Morgan fingerprint density at radius 3 is 2.93 bits per heavy atom. The van der Waals surface area contributed by atoms with Gasteiger partial charge >= 0.3 is 0 Å². The van der Waals surface area contributed by atoms with E-state index in [4.69, 9.17) is 18.0 Å². The molecule has 0 aromatic heterocycles. The summed E-state index contributed by atoms with van der Waals surface area (Å²) in [5.41, 5.74) is 9.79. The molecule has 15 heavy (non-hydrogen) atoms. The molecule has 0 spiro atoms. The molecule has 0 radical (unpaired) electrons. The van der Waals surface area contributed by atoms with Crippen molar-refractivity contribution in [3.8, 4) is 0 Å². The Morgan fingerprint density at radius 1 is 1.47 bits per heavy atom. The van der Waals surface area contributed by atoms with Gasteiger partial charge in [-0.25, -0.2) is 0 Å². The summed E-state index contributed by atoms with van der Waals surface area (Å²) in [5, 5.41) is 1.56. The van der Waals surface area contributed by atoms with E-state index in [-0.39, 0.29) is 11.0 Å². The van der Waals surface area contributed by atoms with Crippen molar-refractivity contribution >= 4 is 23.2 Å². The Kier molecular flexibility index (Phi) is 2.55. The SMILES string of the molecule is NC(=S)NN1CCc2ccccc2C1=O. The number of rotatable bonds is 1. The van der Waals surface area contributed by atoms with Crippen molar-refractivity contribution in [2.75, 3.05) is 6.54 Å². The van der Waals surface area contributed by atoms with Gasteiger partial charge in [-0.15, -0.1) is 0 Å². The zero-order valence-corrected chi connectivity index (χ0v) is 8.88. The minimum Gasteiger partial charge on any atom is -0.375 e. The van der Waals surface area contributed by atoms with Gasteiger partial charge in [0.05, 0.1) is 0 Å². The molecule has 4 nitrogen and oxygen atoms in total. The van der Waals surface area contributed by atoms with Crippen LogP contribution in [0.5, 0.6) is 0 Å². The van der Waals surface area contributed by atoms with Gasteiger partial charge in [0.15, 0.2) is 5.11 Å². The number of hydrazine groups is 1. The first-order chi connectivity index (χ1) is 7.18. The van der Waals surface area contributed by atoms with Gasteiger partial charge in [-0.3, -0.25) is 15.2 Å². The maximum atomic E-state index is 11.9. The summed E-state index contributed by atoms with van der Waals surface area (Å²) < 4.78 is 0. The van der Waals surface area contributed by atoms with Crippen molar-refractivity contribution in [3.63, 3.8) is 0 Å². The maximum absolute atomic E-state index is 11.9. The van der Waals surface area contributed by atoms with Gasteiger partial charge in [0, 0.05) is 12.1 Å². The first kappa shape index (κ1) is 9.92. The topological polar surface area (TPSA) is 58.4 Å². The highest BCUT2D eigenvalue weighted by Gasteiger charge is 2.23. The van der Waals surface area contributed by atoms with Crippen LogP contribution in [0, 0.1) is 0 Å². The standard InChI is InChI=1S/C10H11N3OS/c11-10(15)12-13-6-5-7-3-1-2-4-8(7)9(13)14/h1-4H,5-6H2,(H3,11,12,15). The van der Waals surface area contributed by atoms with Crippen molar-refractivity contribution in [1.82, 2.24) is 10.4 Å². The summed E-state index contributed by atoms with van der Waals surface area (Å²) in [6, 6.07) is 7.56. The van der Waals surface area contributed by atoms with E-state index in [0.717, 1.165) is 12.0 Å².